The average molecular weight is 384 g/mol. The second-order valence-corrected chi connectivity index (χ2v) is 6.68. The van der Waals surface area contributed by atoms with E-state index in [-0.39, 0.29) is 23.4 Å². The van der Waals surface area contributed by atoms with Crippen LogP contribution in [0.15, 0.2) is 59.5 Å². The molecule has 1 aliphatic rings. The maximum absolute atomic E-state index is 12.6. The molecule has 0 saturated heterocycles. The third kappa shape index (κ3) is 3.61. The highest BCUT2D eigenvalue weighted by Gasteiger charge is 2.17. The predicted octanol–water partition coefficient (Wildman–Crippen LogP) is 3.85. The van der Waals surface area contributed by atoms with Gasteiger partial charge in [0.2, 0.25) is 6.79 Å². The Hall–Kier alpha value is -2.99. The molecule has 0 radical (unpaired) electrons. The largest absolute Gasteiger partial charge is 0.454 e. The van der Waals surface area contributed by atoms with Gasteiger partial charge >= 0.3 is 0 Å². The van der Waals surface area contributed by atoms with Crippen molar-refractivity contribution in [3.05, 3.63) is 81.2 Å². The molecule has 6 nitrogen and oxygen atoms in total. The van der Waals surface area contributed by atoms with Gasteiger partial charge in [0.05, 0.1) is 18.4 Å². The number of hydrogen-bond acceptors (Lipinski definition) is 5. The van der Waals surface area contributed by atoms with Crippen molar-refractivity contribution < 1.29 is 9.47 Å². The van der Waals surface area contributed by atoms with Gasteiger partial charge < -0.3 is 14.8 Å². The van der Waals surface area contributed by atoms with Crippen molar-refractivity contribution in [2.24, 2.45) is 0 Å². The topological polar surface area (TPSA) is 65.4 Å². The van der Waals surface area contributed by atoms with Crippen molar-refractivity contribution >= 4 is 17.3 Å². The molecule has 0 fully saturated rings. The van der Waals surface area contributed by atoms with Gasteiger partial charge in [0.1, 0.15) is 5.02 Å². The molecular formula is C20H18ClN3O3. The Morgan fingerprint density at radius 2 is 1.96 bits per heavy atom. The molecule has 138 valence electrons. The lowest BCUT2D eigenvalue weighted by Crippen LogP contribution is -2.25. The number of halogens is 1. The summed E-state index contributed by atoms with van der Waals surface area (Å²) in [6, 6.07) is 15.3. The monoisotopic (exact) mass is 383 g/mol. The molecule has 1 aliphatic heterocycles. The Balaban J connectivity index is 1.54. The third-order valence-electron chi connectivity index (χ3n) is 4.43. The number of ether oxygens (including phenoxy) is 2. The number of rotatable bonds is 5. The van der Waals surface area contributed by atoms with Gasteiger partial charge in [0, 0.05) is 6.04 Å². The molecule has 1 aromatic heterocycles. The number of benzene rings is 2. The van der Waals surface area contributed by atoms with Crippen LogP contribution < -0.4 is 20.3 Å². The summed E-state index contributed by atoms with van der Waals surface area (Å²) in [7, 11) is 0. The molecule has 4 rings (SSSR count). The zero-order valence-corrected chi connectivity index (χ0v) is 15.4. The summed E-state index contributed by atoms with van der Waals surface area (Å²) < 4.78 is 12.1. The predicted molar refractivity (Wildman–Crippen MR) is 104 cm³/mol. The van der Waals surface area contributed by atoms with Crippen LogP contribution in [0.25, 0.3) is 0 Å². The number of aromatic nitrogens is 2. The Kier molecular flexibility index (Phi) is 4.73. The van der Waals surface area contributed by atoms with Crippen LogP contribution in [0.2, 0.25) is 5.02 Å². The summed E-state index contributed by atoms with van der Waals surface area (Å²) in [5.41, 5.74) is 2.14. The first-order valence-corrected chi connectivity index (χ1v) is 8.95. The molecule has 0 amide bonds. The van der Waals surface area contributed by atoms with E-state index in [2.05, 4.69) is 10.4 Å². The van der Waals surface area contributed by atoms with Crippen LogP contribution in [0.3, 0.4) is 0 Å². The van der Waals surface area contributed by atoms with Crippen molar-refractivity contribution in [1.82, 2.24) is 9.78 Å². The van der Waals surface area contributed by atoms with Gasteiger partial charge in [0.25, 0.3) is 5.56 Å². The van der Waals surface area contributed by atoms with Crippen molar-refractivity contribution in [2.45, 2.75) is 19.5 Å². The number of anilines is 1. The molecule has 0 unspecified atom stereocenters. The van der Waals surface area contributed by atoms with E-state index >= 15 is 0 Å². The van der Waals surface area contributed by atoms with Crippen LogP contribution in [-0.4, -0.2) is 16.6 Å². The van der Waals surface area contributed by atoms with Gasteiger partial charge in [-0.2, -0.15) is 5.10 Å². The lowest BCUT2D eigenvalue weighted by Gasteiger charge is -2.17. The first-order chi connectivity index (χ1) is 13.1. The summed E-state index contributed by atoms with van der Waals surface area (Å²) in [6.45, 7) is 2.58. The van der Waals surface area contributed by atoms with Crippen LogP contribution in [0.5, 0.6) is 11.5 Å². The molecule has 1 atom stereocenters. The number of nitrogens with zero attached hydrogens (tertiary/aromatic N) is 2. The summed E-state index contributed by atoms with van der Waals surface area (Å²) >= 11 is 6.31. The van der Waals surface area contributed by atoms with Gasteiger partial charge in [0.15, 0.2) is 11.5 Å². The minimum absolute atomic E-state index is 0.0943. The lowest BCUT2D eigenvalue weighted by molar-refractivity contribution is 0.174. The highest BCUT2D eigenvalue weighted by atomic mass is 35.5. The molecule has 27 heavy (non-hydrogen) atoms. The summed E-state index contributed by atoms with van der Waals surface area (Å²) in [5.74, 6) is 1.44. The highest BCUT2D eigenvalue weighted by Crippen LogP contribution is 2.35. The van der Waals surface area contributed by atoms with Gasteiger partial charge in [-0.3, -0.25) is 4.79 Å². The molecule has 7 heteroatoms. The molecule has 0 saturated carbocycles. The Morgan fingerprint density at radius 3 is 2.78 bits per heavy atom. The Morgan fingerprint density at radius 1 is 1.19 bits per heavy atom. The fraction of sp³-hybridized carbons (Fsp3) is 0.200. The molecule has 3 aromatic rings. The molecule has 1 N–H and O–H groups in total. The van der Waals surface area contributed by atoms with Gasteiger partial charge in [-0.25, -0.2) is 4.68 Å². The van der Waals surface area contributed by atoms with E-state index in [0.717, 1.165) is 16.9 Å². The van der Waals surface area contributed by atoms with Crippen molar-refractivity contribution in [3.63, 3.8) is 0 Å². The number of fused-ring (bicyclic) bond motifs is 1. The van der Waals surface area contributed by atoms with E-state index in [0.29, 0.717) is 18.0 Å². The van der Waals surface area contributed by atoms with E-state index in [4.69, 9.17) is 21.1 Å². The summed E-state index contributed by atoms with van der Waals surface area (Å²) in [4.78, 5) is 12.6. The van der Waals surface area contributed by atoms with E-state index < -0.39 is 0 Å². The summed E-state index contributed by atoms with van der Waals surface area (Å²) in [6.07, 6.45) is 1.58. The van der Waals surface area contributed by atoms with E-state index in [1.807, 2.05) is 55.5 Å². The highest BCUT2D eigenvalue weighted by molar-refractivity contribution is 6.32. The molecule has 0 spiro atoms. The fourth-order valence-electron chi connectivity index (χ4n) is 2.93. The quantitative estimate of drug-likeness (QED) is 0.725. The molecule has 2 aromatic carbocycles. The van der Waals surface area contributed by atoms with Crippen LogP contribution in [0.4, 0.5) is 5.69 Å². The third-order valence-corrected chi connectivity index (χ3v) is 4.79. The SMILES string of the molecule is C[C@H](Nc1cnn(Cc2ccccc2)c(=O)c1Cl)c1ccc2c(c1)OCO2. The van der Waals surface area contributed by atoms with Gasteiger partial charge in [-0.05, 0) is 30.2 Å². The van der Waals surface area contributed by atoms with E-state index in [9.17, 15) is 4.79 Å². The van der Waals surface area contributed by atoms with Crippen molar-refractivity contribution in [3.8, 4) is 11.5 Å². The van der Waals surface area contributed by atoms with E-state index in [1.54, 1.807) is 6.20 Å². The summed E-state index contributed by atoms with van der Waals surface area (Å²) in [5, 5.41) is 7.62. The van der Waals surface area contributed by atoms with E-state index in [1.165, 1.54) is 4.68 Å². The maximum atomic E-state index is 12.6. The second-order valence-electron chi connectivity index (χ2n) is 6.30. The smallest absolute Gasteiger partial charge is 0.287 e. The second kappa shape index (κ2) is 7.32. The minimum atomic E-state index is -0.330. The molecule has 0 aliphatic carbocycles. The van der Waals surface area contributed by atoms with Crippen LogP contribution in [0.1, 0.15) is 24.1 Å². The average Bonchev–Trinajstić information content (AvgIpc) is 3.16. The minimum Gasteiger partial charge on any atom is -0.454 e. The normalized spacial score (nSPS) is 13.4. The van der Waals surface area contributed by atoms with Gasteiger partial charge in [-0.15, -0.1) is 0 Å². The zero-order chi connectivity index (χ0) is 18.8. The first-order valence-electron chi connectivity index (χ1n) is 8.57. The van der Waals surface area contributed by atoms with Crippen molar-refractivity contribution in [2.75, 3.05) is 12.1 Å². The van der Waals surface area contributed by atoms with Crippen molar-refractivity contribution in [1.29, 1.82) is 0 Å². The number of hydrogen-bond donors (Lipinski definition) is 1. The maximum Gasteiger partial charge on any atom is 0.287 e. The Labute approximate surface area is 161 Å². The fourth-order valence-corrected chi connectivity index (χ4v) is 3.13. The number of nitrogens with one attached hydrogen (secondary N) is 1. The van der Waals surface area contributed by atoms with Crippen LogP contribution in [-0.2, 0) is 6.54 Å². The standard InChI is InChI=1S/C20H18ClN3O3/c1-13(15-7-8-17-18(9-15)27-12-26-17)23-16-10-22-24(20(25)19(16)21)11-14-5-3-2-4-6-14/h2-10,13,23H,11-12H2,1H3/t13-/m0/s1. The first kappa shape index (κ1) is 17.4. The molecule has 2 heterocycles. The van der Waals surface area contributed by atoms with Gasteiger partial charge in [-0.1, -0.05) is 48.0 Å². The lowest BCUT2D eigenvalue weighted by atomic mass is 10.1. The zero-order valence-electron chi connectivity index (χ0n) is 14.7. The Bertz CT molecular complexity index is 1020. The van der Waals surface area contributed by atoms with Crippen LogP contribution >= 0.6 is 11.6 Å². The molecule has 0 bridgehead atoms. The molecular weight excluding hydrogens is 366 g/mol. The van der Waals surface area contributed by atoms with Crippen LogP contribution in [0, 0.1) is 0 Å².